The van der Waals surface area contributed by atoms with E-state index in [1.807, 2.05) is 27.7 Å². The predicted octanol–water partition coefficient (Wildman–Crippen LogP) is 2.28. The van der Waals surface area contributed by atoms with E-state index in [0.29, 0.717) is 5.56 Å². The van der Waals surface area contributed by atoms with E-state index in [4.69, 9.17) is 5.11 Å². The van der Waals surface area contributed by atoms with Gasteiger partial charge in [-0.2, -0.15) is 0 Å². The Hall–Kier alpha value is -0.980. The normalized spacial score (nSPS) is 12.9. The molecule has 114 valence electrons. The van der Waals surface area contributed by atoms with Gasteiger partial charge in [0, 0.05) is 6.54 Å². The predicted molar refractivity (Wildman–Crippen MR) is 76.1 cm³/mol. The fraction of sp³-hybridized carbons (Fsp3) is 0.571. The van der Waals surface area contributed by atoms with Gasteiger partial charge in [0.05, 0.1) is 6.61 Å². The highest BCUT2D eigenvalue weighted by molar-refractivity contribution is 7.89. The third-order valence-corrected chi connectivity index (χ3v) is 5.18. The Morgan fingerprint density at radius 2 is 1.95 bits per heavy atom. The summed E-state index contributed by atoms with van der Waals surface area (Å²) in [4.78, 5) is -0.394. The highest BCUT2D eigenvalue weighted by Crippen LogP contribution is 2.26. The Morgan fingerprint density at radius 3 is 2.40 bits per heavy atom. The van der Waals surface area contributed by atoms with E-state index in [1.165, 1.54) is 12.1 Å². The molecule has 0 bridgehead atoms. The molecule has 0 fully saturated rings. The first kappa shape index (κ1) is 17.1. The molecule has 0 amide bonds. The first-order chi connectivity index (χ1) is 9.10. The number of hydrogen-bond acceptors (Lipinski definition) is 3. The number of sulfonamides is 1. The minimum absolute atomic E-state index is 0.228. The van der Waals surface area contributed by atoms with Crippen LogP contribution in [0.5, 0.6) is 0 Å². The molecule has 0 saturated carbocycles. The van der Waals surface area contributed by atoms with Crippen LogP contribution >= 0.6 is 0 Å². The maximum absolute atomic E-state index is 13.8. The Balaban J connectivity index is 2.95. The van der Waals surface area contributed by atoms with E-state index in [-0.39, 0.29) is 24.5 Å². The van der Waals surface area contributed by atoms with Gasteiger partial charge in [0.1, 0.15) is 10.7 Å². The second kappa shape index (κ2) is 6.20. The van der Waals surface area contributed by atoms with Crippen LogP contribution in [0.4, 0.5) is 4.39 Å². The molecule has 4 nitrogen and oxygen atoms in total. The van der Waals surface area contributed by atoms with Crippen molar-refractivity contribution in [1.29, 1.82) is 0 Å². The quantitative estimate of drug-likeness (QED) is 0.847. The van der Waals surface area contributed by atoms with Gasteiger partial charge in [0.15, 0.2) is 0 Å². The molecule has 6 heteroatoms. The fourth-order valence-electron chi connectivity index (χ4n) is 1.42. The molecule has 1 aromatic rings. The zero-order valence-electron chi connectivity index (χ0n) is 12.3. The molecule has 0 saturated heterocycles. The summed E-state index contributed by atoms with van der Waals surface area (Å²) >= 11 is 0. The second-order valence-electron chi connectivity index (χ2n) is 5.89. The van der Waals surface area contributed by atoms with Crippen molar-refractivity contribution < 1.29 is 17.9 Å². The summed E-state index contributed by atoms with van der Waals surface area (Å²) in [5, 5.41) is 8.90. The molecule has 0 atom stereocenters. The van der Waals surface area contributed by atoms with Crippen LogP contribution in [0.3, 0.4) is 0 Å². The van der Waals surface area contributed by atoms with Gasteiger partial charge < -0.3 is 5.11 Å². The zero-order chi connectivity index (χ0) is 15.6. The van der Waals surface area contributed by atoms with Crippen LogP contribution in [-0.2, 0) is 16.6 Å². The molecular formula is C14H22FNO3S. The van der Waals surface area contributed by atoms with Gasteiger partial charge in [-0.25, -0.2) is 17.5 Å². The van der Waals surface area contributed by atoms with Crippen LogP contribution in [0, 0.1) is 17.2 Å². The maximum Gasteiger partial charge on any atom is 0.243 e. The Labute approximate surface area is 120 Å². The molecule has 1 rings (SSSR count). The van der Waals surface area contributed by atoms with Gasteiger partial charge in [0.2, 0.25) is 10.0 Å². The lowest BCUT2D eigenvalue weighted by Crippen LogP contribution is -2.37. The Kier molecular flexibility index (Phi) is 5.29. The van der Waals surface area contributed by atoms with E-state index in [0.717, 1.165) is 6.07 Å². The summed E-state index contributed by atoms with van der Waals surface area (Å²) < 4.78 is 40.4. The Bertz CT molecular complexity index is 568. The van der Waals surface area contributed by atoms with Crippen LogP contribution in [0.1, 0.15) is 33.3 Å². The van der Waals surface area contributed by atoms with Crippen LogP contribution < -0.4 is 4.72 Å². The summed E-state index contributed by atoms with van der Waals surface area (Å²) in [5.41, 5.74) is 0.109. The largest absolute Gasteiger partial charge is 0.392 e. The molecule has 0 aliphatic rings. The number of benzene rings is 1. The minimum atomic E-state index is -3.89. The van der Waals surface area contributed by atoms with Crippen LogP contribution in [0.2, 0.25) is 0 Å². The summed E-state index contributed by atoms with van der Waals surface area (Å²) in [5.74, 6) is -0.571. The standard InChI is InChI=1S/C14H22FNO3S/c1-10(2)14(3,4)9-16-20(18,19)13-6-5-11(8-17)7-12(13)15/h5-7,10,16-17H,8-9H2,1-4H3. The van der Waals surface area contributed by atoms with Crippen LogP contribution in [0.15, 0.2) is 23.1 Å². The van der Waals surface area contributed by atoms with Gasteiger partial charge in [-0.1, -0.05) is 33.8 Å². The number of nitrogens with one attached hydrogen (secondary N) is 1. The summed E-state index contributed by atoms with van der Waals surface area (Å²) in [6, 6.07) is 3.60. The minimum Gasteiger partial charge on any atom is -0.392 e. The van der Waals surface area contributed by atoms with Crippen molar-refractivity contribution in [2.45, 2.75) is 39.2 Å². The van der Waals surface area contributed by atoms with Gasteiger partial charge in [-0.15, -0.1) is 0 Å². The van der Waals surface area contributed by atoms with E-state index in [1.54, 1.807) is 0 Å². The summed E-state index contributed by atoms with van der Waals surface area (Å²) in [6.07, 6.45) is 0. The van der Waals surface area contributed by atoms with Crippen molar-refractivity contribution in [1.82, 2.24) is 4.72 Å². The monoisotopic (exact) mass is 303 g/mol. The average molecular weight is 303 g/mol. The highest BCUT2D eigenvalue weighted by Gasteiger charge is 2.26. The summed E-state index contributed by atoms with van der Waals surface area (Å²) in [6.45, 7) is 7.81. The van der Waals surface area contributed by atoms with Gasteiger partial charge in [0.25, 0.3) is 0 Å². The van der Waals surface area contributed by atoms with Crippen LogP contribution in [0.25, 0.3) is 0 Å². The average Bonchev–Trinajstić information content (AvgIpc) is 2.36. The SMILES string of the molecule is CC(C)C(C)(C)CNS(=O)(=O)c1ccc(CO)cc1F. The first-order valence-corrected chi connectivity index (χ1v) is 7.97. The number of aliphatic hydroxyl groups excluding tert-OH is 1. The molecule has 1 aromatic carbocycles. The molecule has 2 N–H and O–H groups in total. The molecular weight excluding hydrogens is 281 g/mol. The molecule has 20 heavy (non-hydrogen) atoms. The second-order valence-corrected chi connectivity index (χ2v) is 7.63. The molecule has 0 heterocycles. The van der Waals surface area contributed by atoms with Gasteiger partial charge in [-0.05, 0) is 29.0 Å². The van der Waals surface area contributed by atoms with Crippen molar-refractivity contribution in [3.8, 4) is 0 Å². The van der Waals surface area contributed by atoms with Crippen molar-refractivity contribution in [2.75, 3.05) is 6.54 Å². The third kappa shape index (κ3) is 4.01. The smallest absolute Gasteiger partial charge is 0.243 e. The molecule has 0 spiro atoms. The lowest BCUT2D eigenvalue weighted by molar-refractivity contribution is 0.252. The van der Waals surface area contributed by atoms with Crippen molar-refractivity contribution >= 4 is 10.0 Å². The molecule has 0 aromatic heterocycles. The summed E-state index contributed by atoms with van der Waals surface area (Å²) in [7, 11) is -3.89. The third-order valence-electron chi connectivity index (χ3n) is 3.75. The number of rotatable bonds is 6. The zero-order valence-corrected chi connectivity index (χ0v) is 13.1. The van der Waals surface area contributed by atoms with Crippen LogP contribution in [-0.4, -0.2) is 20.1 Å². The van der Waals surface area contributed by atoms with Gasteiger partial charge >= 0.3 is 0 Å². The number of halogens is 1. The molecule has 0 radical (unpaired) electrons. The van der Waals surface area contributed by atoms with Crippen molar-refractivity contribution in [2.24, 2.45) is 11.3 Å². The van der Waals surface area contributed by atoms with E-state index in [2.05, 4.69) is 4.72 Å². The molecule has 0 aliphatic heterocycles. The van der Waals surface area contributed by atoms with E-state index >= 15 is 0 Å². The first-order valence-electron chi connectivity index (χ1n) is 6.49. The highest BCUT2D eigenvalue weighted by atomic mass is 32.2. The van der Waals surface area contributed by atoms with Crippen molar-refractivity contribution in [3.63, 3.8) is 0 Å². The van der Waals surface area contributed by atoms with Crippen molar-refractivity contribution in [3.05, 3.63) is 29.6 Å². The van der Waals surface area contributed by atoms with Gasteiger partial charge in [-0.3, -0.25) is 0 Å². The molecule has 0 aliphatic carbocycles. The molecule has 0 unspecified atom stereocenters. The Morgan fingerprint density at radius 1 is 1.35 bits per heavy atom. The number of aliphatic hydroxyl groups is 1. The lowest BCUT2D eigenvalue weighted by atomic mass is 9.81. The lowest BCUT2D eigenvalue weighted by Gasteiger charge is -2.29. The van der Waals surface area contributed by atoms with E-state index in [9.17, 15) is 12.8 Å². The van der Waals surface area contributed by atoms with E-state index < -0.39 is 20.7 Å². The fourth-order valence-corrected chi connectivity index (χ4v) is 2.70. The number of hydrogen-bond donors (Lipinski definition) is 2. The topological polar surface area (TPSA) is 66.4 Å². The maximum atomic E-state index is 13.8.